The van der Waals surface area contributed by atoms with E-state index in [0.29, 0.717) is 19.0 Å². The number of nitrogens with one attached hydrogen (secondary N) is 1. The van der Waals surface area contributed by atoms with Gasteiger partial charge in [-0.2, -0.15) is 12.7 Å². The molecule has 0 aromatic heterocycles. The van der Waals surface area contributed by atoms with Gasteiger partial charge in [-0.05, 0) is 23.6 Å². The van der Waals surface area contributed by atoms with Crippen LogP contribution in [0.1, 0.15) is 19.4 Å². The minimum atomic E-state index is -3.39. The summed E-state index contributed by atoms with van der Waals surface area (Å²) in [5.41, 5.74) is 0.954. The lowest BCUT2D eigenvalue weighted by Gasteiger charge is -2.18. The summed E-state index contributed by atoms with van der Waals surface area (Å²) in [5.74, 6) is 0.292. The van der Waals surface area contributed by atoms with E-state index in [9.17, 15) is 8.42 Å². The molecule has 1 N–H and O–H groups in total. The third-order valence-electron chi connectivity index (χ3n) is 2.40. The number of hydrogen-bond donors (Lipinski definition) is 1. The molecule has 1 rings (SSSR count). The normalized spacial score (nSPS) is 12.3. The van der Waals surface area contributed by atoms with Crippen LogP contribution >= 0.6 is 15.9 Å². The third kappa shape index (κ3) is 5.06. The standard InChI is InChI=1S/C12H19BrN2O2S/c1-10(2)8-14-18(16,17)15(3)9-11-4-6-12(13)7-5-11/h4-7,10,14H,8-9H2,1-3H3. The van der Waals surface area contributed by atoms with Gasteiger partial charge in [-0.3, -0.25) is 0 Å². The Hall–Kier alpha value is -0.430. The van der Waals surface area contributed by atoms with Crippen LogP contribution in [0.4, 0.5) is 0 Å². The first kappa shape index (κ1) is 15.6. The van der Waals surface area contributed by atoms with Gasteiger partial charge in [-0.25, -0.2) is 4.72 Å². The van der Waals surface area contributed by atoms with Gasteiger partial charge in [-0.15, -0.1) is 0 Å². The fraction of sp³-hybridized carbons (Fsp3) is 0.500. The van der Waals surface area contributed by atoms with Gasteiger partial charge in [0, 0.05) is 24.6 Å². The van der Waals surface area contributed by atoms with Crippen molar-refractivity contribution in [2.75, 3.05) is 13.6 Å². The topological polar surface area (TPSA) is 49.4 Å². The predicted octanol–water partition coefficient (Wildman–Crippen LogP) is 2.37. The lowest BCUT2D eigenvalue weighted by molar-refractivity contribution is 0.449. The molecule has 0 radical (unpaired) electrons. The molecule has 0 saturated carbocycles. The van der Waals surface area contributed by atoms with E-state index in [-0.39, 0.29) is 0 Å². The van der Waals surface area contributed by atoms with E-state index < -0.39 is 10.2 Å². The molecule has 102 valence electrons. The average Bonchev–Trinajstić information content (AvgIpc) is 2.29. The van der Waals surface area contributed by atoms with Gasteiger partial charge in [0.2, 0.25) is 0 Å². The van der Waals surface area contributed by atoms with Crippen molar-refractivity contribution in [1.29, 1.82) is 0 Å². The van der Waals surface area contributed by atoms with E-state index in [1.54, 1.807) is 7.05 Å². The zero-order valence-electron chi connectivity index (χ0n) is 10.9. The maximum absolute atomic E-state index is 11.9. The molecule has 0 spiro atoms. The van der Waals surface area contributed by atoms with E-state index in [4.69, 9.17) is 0 Å². The Kier molecular flexibility index (Phi) is 5.78. The van der Waals surface area contributed by atoms with E-state index in [1.165, 1.54) is 4.31 Å². The van der Waals surface area contributed by atoms with Crippen molar-refractivity contribution in [3.63, 3.8) is 0 Å². The maximum Gasteiger partial charge on any atom is 0.279 e. The van der Waals surface area contributed by atoms with Crippen LogP contribution in [-0.2, 0) is 16.8 Å². The Labute approximate surface area is 118 Å². The van der Waals surface area contributed by atoms with Crippen LogP contribution < -0.4 is 4.72 Å². The summed E-state index contributed by atoms with van der Waals surface area (Å²) in [6.07, 6.45) is 0. The molecule has 6 heteroatoms. The van der Waals surface area contributed by atoms with Crippen LogP contribution in [0.15, 0.2) is 28.7 Å². The summed E-state index contributed by atoms with van der Waals surface area (Å²) in [6, 6.07) is 7.60. The second kappa shape index (κ2) is 6.65. The smallest absolute Gasteiger partial charge is 0.202 e. The van der Waals surface area contributed by atoms with Crippen LogP contribution in [0.2, 0.25) is 0 Å². The molecule has 0 amide bonds. The zero-order valence-corrected chi connectivity index (χ0v) is 13.3. The number of benzene rings is 1. The van der Waals surface area contributed by atoms with Gasteiger partial charge < -0.3 is 0 Å². The van der Waals surface area contributed by atoms with Crippen molar-refractivity contribution < 1.29 is 8.42 Å². The van der Waals surface area contributed by atoms with Crippen molar-refractivity contribution in [2.24, 2.45) is 5.92 Å². The van der Waals surface area contributed by atoms with Crippen molar-refractivity contribution >= 4 is 26.1 Å². The van der Waals surface area contributed by atoms with Crippen molar-refractivity contribution in [2.45, 2.75) is 20.4 Å². The Morgan fingerprint density at radius 3 is 2.33 bits per heavy atom. The second-order valence-electron chi connectivity index (χ2n) is 4.63. The summed E-state index contributed by atoms with van der Waals surface area (Å²) >= 11 is 3.35. The summed E-state index contributed by atoms with van der Waals surface area (Å²) in [7, 11) is -1.82. The van der Waals surface area contributed by atoms with Crippen molar-refractivity contribution in [3.05, 3.63) is 34.3 Å². The molecule has 0 saturated heterocycles. The molecule has 0 bridgehead atoms. The van der Waals surface area contributed by atoms with Gasteiger partial charge in [-0.1, -0.05) is 41.9 Å². The summed E-state index contributed by atoms with van der Waals surface area (Å²) in [4.78, 5) is 0. The molecule has 1 aromatic rings. The molecular formula is C12H19BrN2O2S. The molecule has 0 heterocycles. The summed E-state index contributed by atoms with van der Waals surface area (Å²) < 4.78 is 28.7. The van der Waals surface area contributed by atoms with Crippen LogP contribution in [0.5, 0.6) is 0 Å². The van der Waals surface area contributed by atoms with Crippen LogP contribution in [-0.4, -0.2) is 26.3 Å². The molecule has 0 aliphatic carbocycles. The molecule has 0 fully saturated rings. The second-order valence-corrected chi connectivity index (χ2v) is 7.41. The zero-order chi connectivity index (χ0) is 13.8. The highest BCUT2D eigenvalue weighted by Gasteiger charge is 2.17. The Balaban J connectivity index is 2.64. The monoisotopic (exact) mass is 334 g/mol. The first-order valence-electron chi connectivity index (χ1n) is 5.76. The minimum absolute atomic E-state index is 0.292. The molecule has 0 atom stereocenters. The molecule has 0 aliphatic rings. The van der Waals surface area contributed by atoms with Crippen LogP contribution in [0, 0.1) is 5.92 Å². The predicted molar refractivity (Wildman–Crippen MR) is 77.4 cm³/mol. The molecule has 0 unspecified atom stereocenters. The minimum Gasteiger partial charge on any atom is -0.202 e. The third-order valence-corrected chi connectivity index (χ3v) is 4.41. The van der Waals surface area contributed by atoms with E-state index in [0.717, 1.165) is 10.0 Å². The van der Waals surface area contributed by atoms with Crippen molar-refractivity contribution in [1.82, 2.24) is 9.03 Å². The van der Waals surface area contributed by atoms with Gasteiger partial charge >= 0.3 is 0 Å². The lowest BCUT2D eigenvalue weighted by Crippen LogP contribution is -2.39. The quantitative estimate of drug-likeness (QED) is 0.868. The maximum atomic E-state index is 11.9. The molecule has 1 aromatic carbocycles. The Bertz CT molecular complexity index is 471. The van der Waals surface area contributed by atoms with Crippen molar-refractivity contribution in [3.8, 4) is 0 Å². The highest BCUT2D eigenvalue weighted by atomic mass is 79.9. The fourth-order valence-corrected chi connectivity index (χ4v) is 2.66. The molecule has 0 aliphatic heterocycles. The van der Waals surface area contributed by atoms with Gasteiger partial charge in [0.25, 0.3) is 10.2 Å². The molecule has 18 heavy (non-hydrogen) atoms. The number of rotatable bonds is 6. The van der Waals surface area contributed by atoms with E-state index in [2.05, 4.69) is 20.7 Å². The first-order chi connectivity index (χ1) is 8.31. The lowest BCUT2D eigenvalue weighted by atomic mass is 10.2. The number of nitrogens with zero attached hydrogens (tertiary/aromatic N) is 1. The van der Waals surface area contributed by atoms with Gasteiger partial charge in [0.15, 0.2) is 0 Å². The number of hydrogen-bond acceptors (Lipinski definition) is 2. The van der Waals surface area contributed by atoms with E-state index >= 15 is 0 Å². The summed E-state index contributed by atoms with van der Waals surface area (Å²) in [6.45, 7) is 4.75. The van der Waals surface area contributed by atoms with Gasteiger partial charge in [0.05, 0.1) is 0 Å². The van der Waals surface area contributed by atoms with Gasteiger partial charge in [0.1, 0.15) is 0 Å². The average molecular weight is 335 g/mol. The SMILES string of the molecule is CC(C)CNS(=O)(=O)N(C)Cc1ccc(Br)cc1. The first-order valence-corrected chi connectivity index (χ1v) is 8.00. The Morgan fingerprint density at radius 2 is 1.83 bits per heavy atom. The number of halogens is 1. The highest BCUT2D eigenvalue weighted by molar-refractivity contribution is 9.10. The van der Waals surface area contributed by atoms with E-state index in [1.807, 2.05) is 38.1 Å². The molecular weight excluding hydrogens is 316 g/mol. The molecule has 4 nitrogen and oxygen atoms in total. The fourth-order valence-electron chi connectivity index (χ4n) is 1.31. The summed E-state index contributed by atoms with van der Waals surface area (Å²) in [5, 5.41) is 0. The highest BCUT2D eigenvalue weighted by Crippen LogP contribution is 2.12. The Morgan fingerprint density at radius 1 is 1.28 bits per heavy atom. The largest absolute Gasteiger partial charge is 0.279 e. The van der Waals surface area contributed by atoms with Crippen LogP contribution in [0.25, 0.3) is 0 Å². The van der Waals surface area contributed by atoms with Crippen LogP contribution in [0.3, 0.4) is 0 Å².